The Hall–Kier alpha value is -0.0800. The van der Waals surface area contributed by atoms with E-state index in [4.69, 9.17) is 5.11 Å². The Bertz CT molecular complexity index is 618. The van der Waals surface area contributed by atoms with Crippen LogP contribution in [0, 0.1) is 52.3 Å². The molecule has 4 aliphatic carbocycles. The summed E-state index contributed by atoms with van der Waals surface area (Å²) in [5.74, 6) is 6.75. The molecule has 0 aromatic rings. The van der Waals surface area contributed by atoms with Gasteiger partial charge in [-0.15, -0.1) is 0 Å². The first-order chi connectivity index (χ1) is 15.8. The number of hydrogen-bond donors (Lipinski definition) is 2. The van der Waals surface area contributed by atoms with Gasteiger partial charge in [-0.25, -0.2) is 0 Å². The van der Waals surface area contributed by atoms with Crippen LogP contribution >= 0.6 is 0 Å². The number of nitrogens with one attached hydrogen (secondary N) is 1. The van der Waals surface area contributed by atoms with Crippen molar-refractivity contribution in [2.45, 2.75) is 131 Å². The summed E-state index contributed by atoms with van der Waals surface area (Å²) in [6.07, 6.45) is 19.8. The molecule has 0 amide bonds. The van der Waals surface area contributed by atoms with Gasteiger partial charge < -0.3 is 10.4 Å². The first-order valence-corrected chi connectivity index (χ1v) is 15.1. The standard InChI is InChI=1S/C31H57NO/c1-22(2)9-8-10-23(3)27-13-14-28-26-12-11-24-21-25(32-19-6-7-20-33)15-17-30(24,4)29(26)16-18-31(27,28)5/h22-29,32-33H,6-21H2,1-5H3/t23-,24+,25+,26+,27-,28+,29+,30+,31-/m1/s1. The average molecular weight is 460 g/mol. The van der Waals surface area contributed by atoms with E-state index in [-0.39, 0.29) is 0 Å². The van der Waals surface area contributed by atoms with Crippen LogP contribution in [0.15, 0.2) is 0 Å². The van der Waals surface area contributed by atoms with Crippen LogP contribution in [0.1, 0.15) is 125 Å². The van der Waals surface area contributed by atoms with Gasteiger partial charge in [-0.2, -0.15) is 0 Å². The van der Waals surface area contributed by atoms with Crippen molar-refractivity contribution in [1.82, 2.24) is 5.32 Å². The maximum atomic E-state index is 9.06. The molecule has 2 N–H and O–H groups in total. The second kappa shape index (κ2) is 10.9. The number of rotatable bonds is 10. The first kappa shape index (κ1) is 26.0. The molecule has 0 bridgehead atoms. The smallest absolute Gasteiger partial charge is 0.0431 e. The van der Waals surface area contributed by atoms with E-state index < -0.39 is 0 Å². The molecule has 0 saturated heterocycles. The zero-order valence-electron chi connectivity index (χ0n) is 22.9. The monoisotopic (exact) mass is 459 g/mol. The molecule has 192 valence electrons. The summed E-state index contributed by atoms with van der Waals surface area (Å²) in [6, 6.07) is 0.731. The Morgan fingerprint density at radius 2 is 1.58 bits per heavy atom. The Balaban J connectivity index is 1.36. The SMILES string of the molecule is CC(C)CCC[C@@H](C)[C@H]1CC[C@H]2[C@@H]3CC[C@H]4C[C@@H](NCCCCO)CC[C@]4(C)[C@H]3CC[C@]12C. The average Bonchev–Trinajstić information content (AvgIpc) is 3.14. The Morgan fingerprint density at radius 1 is 0.818 bits per heavy atom. The lowest BCUT2D eigenvalue weighted by molar-refractivity contribution is -0.118. The van der Waals surface area contributed by atoms with E-state index in [1.165, 1.54) is 77.0 Å². The largest absolute Gasteiger partial charge is 0.396 e. The van der Waals surface area contributed by atoms with Gasteiger partial charge in [0.1, 0.15) is 0 Å². The summed E-state index contributed by atoms with van der Waals surface area (Å²) in [5.41, 5.74) is 1.24. The summed E-state index contributed by atoms with van der Waals surface area (Å²) < 4.78 is 0. The van der Waals surface area contributed by atoms with Crippen molar-refractivity contribution < 1.29 is 5.11 Å². The lowest BCUT2D eigenvalue weighted by atomic mass is 9.44. The summed E-state index contributed by atoms with van der Waals surface area (Å²) in [7, 11) is 0. The van der Waals surface area contributed by atoms with E-state index in [0.29, 0.717) is 17.4 Å². The summed E-state index contributed by atoms with van der Waals surface area (Å²) >= 11 is 0. The minimum absolute atomic E-state index is 0.341. The molecule has 2 heteroatoms. The van der Waals surface area contributed by atoms with Crippen molar-refractivity contribution in [3.05, 3.63) is 0 Å². The van der Waals surface area contributed by atoms with Crippen molar-refractivity contribution in [2.75, 3.05) is 13.2 Å². The van der Waals surface area contributed by atoms with Crippen molar-refractivity contribution in [1.29, 1.82) is 0 Å². The number of aliphatic hydroxyl groups excluding tert-OH is 1. The van der Waals surface area contributed by atoms with Gasteiger partial charge in [-0.05, 0) is 129 Å². The normalized spacial score (nSPS) is 43.7. The Kier molecular flexibility index (Phi) is 8.58. The molecule has 0 spiro atoms. The van der Waals surface area contributed by atoms with Crippen molar-refractivity contribution in [2.24, 2.45) is 52.3 Å². The van der Waals surface area contributed by atoms with Crippen LogP contribution < -0.4 is 5.32 Å². The predicted molar refractivity (Wildman–Crippen MR) is 141 cm³/mol. The fourth-order valence-corrected chi connectivity index (χ4v) is 10.0. The molecule has 2 nitrogen and oxygen atoms in total. The second-order valence-electron chi connectivity index (χ2n) is 14.0. The van der Waals surface area contributed by atoms with Crippen LogP contribution in [-0.2, 0) is 0 Å². The van der Waals surface area contributed by atoms with Gasteiger partial charge in [0.05, 0.1) is 0 Å². The maximum Gasteiger partial charge on any atom is 0.0431 e. The molecule has 33 heavy (non-hydrogen) atoms. The van der Waals surface area contributed by atoms with E-state index >= 15 is 0 Å². The molecule has 0 heterocycles. The minimum Gasteiger partial charge on any atom is -0.396 e. The van der Waals surface area contributed by atoms with Gasteiger partial charge in [0.15, 0.2) is 0 Å². The molecule has 0 radical (unpaired) electrons. The molecule has 9 atom stereocenters. The van der Waals surface area contributed by atoms with Gasteiger partial charge in [-0.1, -0.05) is 53.9 Å². The van der Waals surface area contributed by atoms with Crippen molar-refractivity contribution in [3.63, 3.8) is 0 Å². The highest BCUT2D eigenvalue weighted by atomic mass is 16.2. The van der Waals surface area contributed by atoms with Gasteiger partial charge in [0.25, 0.3) is 0 Å². The topological polar surface area (TPSA) is 32.3 Å². The molecule has 0 aliphatic heterocycles. The molecule has 4 aliphatic rings. The molecule has 4 saturated carbocycles. The fraction of sp³-hybridized carbons (Fsp3) is 1.00. The summed E-state index contributed by atoms with van der Waals surface area (Å²) in [4.78, 5) is 0. The lowest BCUT2D eigenvalue weighted by Crippen LogP contribution is -2.55. The van der Waals surface area contributed by atoms with E-state index in [9.17, 15) is 0 Å². The van der Waals surface area contributed by atoms with Crippen LogP contribution in [0.3, 0.4) is 0 Å². The zero-order chi connectivity index (χ0) is 23.6. The highest BCUT2D eigenvalue weighted by Crippen LogP contribution is 2.68. The van der Waals surface area contributed by atoms with E-state index in [2.05, 4.69) is 39.9 Å². The van der Waals surface area contributed by atoms with E-state index in [1.54, 1.807) is 0 Å². The molecule has 0 unspecified atom stereocenters. The third-order valence-electron chi connectivity index (χ3n) is 11.9. The Labute approximate surface area is 206 Å². The minimum atomic E-state index is 0.341. The van der Waals surface area contributed by atoms with Crippen molar-refractivity contribution in [3.8, 4) is 0 Å². The second-order valence-corrected chi connectivity index (χ2v) is 14.0. The van der Waals surface area contributed by atoms with Crippen LogP contribution in [0.2, 0.25) is 0 Å². The first-order valence-electron chi connectivity index (χ1n) is 15.1. The highest BCUT2D eigenvalue weighted by molar-refractivity contribution is 5.10. The van der Waals surface area contributed by atoms with Gasteiger partial charge in [0, 0.05) is 12.6 Å². The van der Waals surface area contributed by atoms with Crippen molar-refractivity contribution >= 4 is 0 Å². The van der Waals surface area contributed by atoms with E-state index in [1.807, 2.05) is 0 Å². The quantitative estimate of drug-likeness (QED) is 0.326. The predicted octanol–water partition coefficient (Wildman–Crippen LogP) is 7.84. The summed E-state index contributed by atoms with van der Waals surface area (Å²) in [6.45, 7) is 14.3. The van der Waals surface area contributed by atoms with Gasteiger partial charge in [0.2, 0.25) is 0 Å². The van der Waals surface area contributed by atoms with Crippen LogP contribution in [-0.4, -0.2) is 24.3 Å². The Morgan fingerprint density at radius 3 is 2.33 bits per heavy atom. The van der Waals surface area contributed by atoms with Crippen LogP contribution in [0.5, 0.6) is 0 Å². The molecule has 4 rings (SSSR count). The molecular weight excluding hydrogens is 402 g/mol. The molecule has 0 aromatic carbocycles. The maximum absolute atomic E-state index is 9.06. The van der Waals surface area contributed by atoms with Crippen LogP contribution in [0.25, 0.3) is 0 Å². The third-order valence-corrected chi connectivity index (χ3v) is 11.9. The number of unbranched alkanes of at least 4 members (excludes halogenated alkanes) is 1. The number of aliphatic hydroxyl groups is 1. The zero-order valence-corrected chi connectivity index (χ0v) is 22.9. The van der Waals surface area contributed by atoms with Gasteiger partial charge in [-0.3, -0.25) is 0 Å². The van der Waals surface area contributed by atoms with Crippen LogP contribution in [0.4, 0.5) is 0 Å². The summed E-state index contributed by atoms with van der Waals surface area (Å²) in [5, 5.41) is 12.9. The molecular formula is C31H57NO. The number of fused-ring (bicyclic) bond motifs is 5. The third kappa shape index (κ3) is 5.23. The fourth-order valence-electron chi connectivity index (χ4n) is 10.0. The molecule has 4 fully saturated rings. The number of hydrogen-bond acceptors (Lipinski definition) is 2. The van der Waals surface area contributed by atoms with Gasteiger partial charge >= 0.3 is 0 Å². The lowest BCUT2D eigenvalue weighted by Gasteiger charge is -2.61. The van der Waals surface area contributed by atoms with E-state index in [0.717, 1.165) is 66.9 Å². The highest BCUT2D eigenvalue weighted by Gasteiger charge is 2.60. The molecule has 0 aromatic heterocycles.